The second-order valence-corrected chi connectivity index (χ2v) is 5.19. The Kier molecular flexibility index (Phi) is 4.46. The maximum absolute atomic E-state index is 9.50. The van der Waals surface area contributed by atoms with Gasteiger partial charge in [-0.05, 0) is 49.2 Å². The number of aromatic hydroxyl groups is 1. The van der Waals surface area contributed by atoms with Crippen molar-refractivity contribution >= 4 is 11.6 Å². The molecule has 2 atom stereocenters. The van der Waals surface area contributed by atoms with Gasteiger partial charge in [0.15, 0.2) is 0 Å². The van der Waals surface area contributed by atoms with Crippen LogP contribution < -0.4 is 5.32 Å². The molecule has 0 aliphatic rings. The van der Waals surface area contributed by atoms with Crippen molar-refractivity contribution in [2.75, 3.05) is 0 Å². The van der Waals surface area contributed by atoms with E-state index in [1.54, 1.807) is 12.1 Å². The summed E-state index contributed by atoms with van der Waals surface area (Å²) in [5.74, 6) is 0.297. The highest BCUT2D eigenvalue weighted by Gasteiger charge is 2.11. The van der Waals surface area contributed by atoms with E-state index in [2.05, 4.69) is 19.2 Å². The molecule has 0 radical (unpaired) electrons. The van der Waals surface area contributed by atoms with Crippen LogP contribution in [-0.2, 0) is 0 Å². The summed E-state index contributed by atoms with van der Waals surface area (Å²) < 4.78 is 0. The van der Waals surface area contributed by atoms with Gasteiger partial charge >= 0.3 is 0 Å². The highest BCUT2D eigenvalue weighted by atomic mass is 35.5. The molecule has 0 aliphatic carbocycles. The first kappa shape index (κ1) is 13.9. The zero-order valence-corrected chi connectivity index (χ0v) is 11.9. The normalized spacial score (nSPS) is 14.1. The molecule has 2 aromatic rings. The third-order valence-electron chi connectivity index (χ3n) is 3.24. The van der Waals surface area contributed by atoms with Crippen LogP contribution in [0.3, 0.4) is 0 Å². The molecule has 19 heavy (non-hydrogen) atoms. The summed E-state index contributed by atoms with van der Waals surface area (Å²) in [7, 11) is 0. The SMILES string of the molecule is CC(N[C@@H](C)c1ccc(Cl)cc1)c1cccc(O)c1. The fourth-order valence-corrected chi connectivity index (χ4v) is 2.24. The molecule has 100 valence electrons. The first-order chi connectivity index (χ1) is 9.06. The van der Waals surface area contributed by atoms with Crippen molar-refractivity contribution < 1.29 is 5.11 Å². The maximum Gasteiger partial charge on any atom is 0.115 e. The molecular weight excluding hydrogens is 258 g/mol. The second kappa shape index (κ2) is 6.09. The van der Waals surface area contributed by atoms with E-state index in [1.165, 1.54) is 5.56 Å². The lowest BCUT2D eigenvalue weighted by atomic mass is 10.0. The Hall–Kier alpha value is -1.51. The van der Waals surface area contributed by atoms with Crippen molar-refractivity contribution in [3.8, 4) is 5.75 Å². The molecule has 3 heteroatoms. The van der Waals surface area contributed by atoms with Gasteiger partial charge in [0.2, 0.25) is 0 Å². The molecule has 0 saturated carbocycles. The Morgan fingerprint density at radius 2 is 1.58 bits per heavy atom. The molecule has 0 aromatic heterocycles. The largest absolute Gasteiger partial charge is 0.508 e. The number of phenolic OH excluding ortho intramolecular Hbond substituents is 1. The van der Waals surface area contributed by atoms with Crippen LogP contribution in [0.1, 0.15) is 37.1 Å². The first-order valence-electron chi connectivity index (χ1n) is 6.36. The lowest BCUT2D eigenvalue weighted by molar-refractivity contribution is 0.466. The molecule has 2 nitrogen and oxygen atoms in total. The van der Waals surface area contributed by atoms with Crippen LogP contribution in [0.2, 0.25) is 5.02 Å². The highest BCUT2D eigenvalue weighted by Crippen LogP contribution is 2.22. The molecule has 2 rings (SSSR count). The molecule has 0 saturated heterocycles. The van der Waals surface area contributed by atoms with E-state index in [1.807, 2.05) is 36.4 Å². The molecule has 0 bridgehead atoms. The number of rotatable bonds is 4. The fourth-order valence-electron chi connectivity index (χ4n) is 2.11. The number of hydrogen-bond donors (Lipinski definition) is 2. The van der Waals surface area contributed by atoms with Gasteiger partial charge in [-0.3, -0.25) is 0 Å². The van der Waals surface area contributed by atoms with Gasteiger partial charge in [0.05, 0.1) is 0 Å². The van der Waals surface area contributed by atoms with Gasteiger partial charge in [-0.15, -0.1) is 0 Å². The van der Waals surface area contributed by atoms with E-state index in [-0.39, 0.29) is 12.1 Å². The lowest BCUT2D eigenvalue weighted by Crippen LogP contribution is -2.22. The van der Waals surface area contributed by atoms with Crippen LogP contribution in [-0.4, -0.2) is 5.11 Å². The fraction of sp³-hybridized carbons (Fsp3) is 0.250. The number of phenols is 1. The molecule has 0 spiro atoms. The van der Waals surface area contributed by atoms with Crippen LogP contribution in [0.15, 0.2) is 48.5 Å². The van der Waals surface area contributed by atoms with Crippen LogP contribution in [0, 0.1) is 0 Å². The molecule has 0 heterocycles. The summed E-state index contributed by atoms with van der Waals surface area (Å²) >= 11 is 5.89. The first-order valence-corrected chi connectivity index (χ1v) is 6.74. The van der Waals surface area contributed by atoms with E-state index in [9.17, 15) is 5.11 Å². The average Bonchev–Trinajstić information content (AvgIpc) is 2.39. The molecule has 1 unspecified atom stereocenters. The molecule has 0 fully saturated rings. The van der Waals surface area contributed by atoms with E-state index >= 15 is 0 Å². The van der Waals surface area contributed by atoms with Crippen LogP contribution in [0.4, 0.5) is 0 Å². The summed E-state index contributed by atoms with van der Waals surface area (Å²) in [5, 5.41) is 13.8. The van der Waals surface area contributed by atoms with Crippen molar-refractivity contribution in [3.05, 3.63) is 64.7 Å². The zero-order chi connectivity index (χ0) is 13.8. The monoisotopic (exact) mass is 275 g/mol. The topological polar surface area (TPSA) is 32.3 Å². The third-order valence-corrected chi connectivity index (χ3v) is 3.49. The van der Waals surface area contributed by atoms with Crippen molar-refractivity contribution in [1.29, 1.82) is 0 Å². The Labute approximate surface area is 119 Å². The van der Waals surface area contributed by atoms with Crippen LogP contribution in [0.25, 0.3) is 0 Å². The minimum Gasteiger partial charge on any atom is -0.508 e. The zero-order valence-electron chi connectivity index (χ0n) is 11.1. The van der Waals surface area contributed by atoms with Crippen molar-refractivity contribution in [2.24, 2.45) is 0 Å². The predicted molar refractivity (Wildman–Crippen MR) is 79.5 cm³/mol. The Balaban J connectivity index is 2.06. The van der Waals surface area contributed by atoms with E-state index < -0.39 is 0 Å². The Morgan fingerprint density at radius 3 is 2.21 bits per heavy atom. The van der Waals surface area contributed by atoms with Gasteiger partial charge in [0.1, 0.15) is 5.75 Å². The third kappa shape index (κ3) is 3.72. The maximum atomic E-state index is 9.50. The Morgan fingerprint density at radius 1 is 0.947 bits per heavy atom. The number of hydrogen-bond acceptors (Lipinski definition) is 2. The summed E-state index contributed by atoms with van der Waals surface area (Å²) in [6.07, 6.45) is 0. The second-order valence-electron chi connectivity index (χ2n) is 4.76. The summed E-state index contributed by atoms with van der Waals surface area (Å²) in [6, 6.07) is 15.5. The Bertz CT molecular complexity index is 539. The lowest BCUT2D eigenvalue weighted by Gasteiger charge is -2.21. The minimum atomic E-state index is 0.165. The molecule has 2 N–H and O–H groups in total. The van der Waals surface area contributed by atoms with E-state index in [4.69, 9.17) is 11.6 Å². The predicted octanol–water partition coefficient (Wildman–Crippen LogP) is 4.46. The smallest absolute Gasteiger partial charge is 0.115 e. The van der Waals surface area contributed by atoms with E-state index in [0.29, 0.717) is 5.75 Å². The highest BCUT2D eigenvalue weighted by molar-refractivity contribution is 6.30. The quantitative estimate of drug-likeness (QED) is 0.864. The summed E-state index contributed by atoms with van der Waals surface area (Å²) in [6.45, 7) is 4.20. The average molecular weight is 276 g/mol. The van der Waals surface area contributed by atoms with Gasteiger partial charge in [-0.2, -0.15) is 0 Å². The van der Waals surface area contributed by atoms with Crippen molar-refractivity contribution in [3.63, 3.8) is 0 Å². The van der Waals surface area contributed by atoms with Gasteiger partial charge in [0.25, 0.3) is 0 Å². The number of benzene rings is 2. The molecule has 0 aliphatic heterocycles. The van der Waals surface area contributed by atoms with Crippen LogP contribution >= 0.6 is 11.6 Å². The summed E-state index contributed by atoms with van der Waals surface area (Å²) in [5.41, 5.74) is 2.26. The van der Waals surface area contributed by atoms with Gasteiger partial charge in [0, 0.05) is 17.1 Å². The van der Waals surface area contributed by atoms with Gasteiger partial charge < -0.3 is 10.4 Å². The van der Waals surface area contributed by atoms with E-state index in [0.717, 1.165) is 10.6 Å². The minimum absolute atomic E-state index is 0.165. The van der Waals surface area contributed by atoms with Crippen LogP contribution in [0.5, 0.6) is 5.75 Å². The van der Waals surface area contributed by atoms with Crippen molar-refractivity contribution in [2.45, 2.75) is 25.9 Å². The number of halogens is 1. The van der Waals surface area contributed by atoms with Gasteiger partial charge in [-0.25, -0.2) is 0 Å². The molecule has 2 aromatic carbocycles. The molecular formula is C16H18ClNO. The van der Waals surface area contributed by atoms with Gasteiger partial charge in [-0.1, -0.05) is 35.9 Å². The molecule has 0 amide bonds. The summed E-state index contributed by atoms with van der Waals surface area (Å²) in [4.78, 5) is 0. The number of nitrogens with one attached hydrogen (secondary N) is 1. The standard InChI is InChI=1S/C16H18ClNO/c1-11(13-6-8-15(17)9-7-13)18-12(2)14-4-3-5-16(19)10-14/h3-12,18-19H,1-2H3/t11-,12?/m0/s1. The van der Waals surface area contributed by atoms with Crippen molar-refractivity contribution in [1.82, 2.24) is 5.32 Å².